The Morgan fingerprint density at radius 3 is 2.17 bits per heavy atom. The molecule has 0 bridgehead atoms. The fraction of sp³-hybridized carbons (Fsp3) is 0.415. The summed E-state index contributed by atoms with van der Waals surface area (Å²) < 4.78 is 25.7. The largest absolute Gasteiger partial charge is 0.508 e. The number of hydrogen-bond acceptors (Lipinski definition) is 10. The van der Waals surface area contributed by atoms with Gasteiger partial charge in [-0.2, -0.15) is 0 Å². The third kappa shape index (κ3) is 5.79. The molecule has 0 aliphatic heterocycles. The summed E-state index contributed by atoms with van der Waals surface area (Å²) in [5, 5.41) is 16.8. The molecule has 272 valence electrons. The van der Waals surface area contributed by atoms with E-state index in [1.54, 1.807) is 6.20 Å². The number of nitrogens with zero attached hydrogens (tertiary/aromatic N) is 3. The van der Waals surface area contributed by atoms with Gasteiger partial charge in [0.05, 0.1) is 17.8 Å². The average Bonchev–Trinajstić information content (AvgIpc) is 3.52. The summed E-state index contributed by atoms with van der Waals surface area (Å²) in [4.78, 5) is 36.9. The van der Waals surface area contributed by atoms with Gasteiger partial charge in [0.15, 0.2) is 25.5 Å². The van der Waals surface area contributed by atoms with Gasteiger partial charge >= 0.3 is 0 Å². The lowest BCUT2D eigenvalue weighted by molar-refractivity contribution is -0.0480. The second-order valence-electron chi connectivity index (χ2n) is 16.0. The van der Waals surface area contributed by atoms with E-state index in [1.807, 2.05) is 86.6 Å². The maximum Gasteiger partial charge on any atom is 0.265 e. The Morgan fingerprint density at radius 1 is 0.962 bits per heavy atom. The van der Waals surface area contributed by atoms with Crippen molar-refractivity contribution < 1.29 is 33.1 Å². The van der Waals surface area contributed by atoms with Crippen LogP contribution in [0.15, 0.2) is 82.7 Å². The molecular weight excluding hydrogens is 675 g/mol. The molecule has 0 amide bonds. The molecule has 0 unspecified atom stereocenters. The van der Waals surface area contributed by atoms with Crippen molar-refractivity contribution in [3.8, 4) is 11.6 Å². The third-order valence-corrected chi connectivity index (χ3v) is 15.9. The normalized spacial score (nSPS) is 22.8. The number of hydrogen-bond donors (Lipinski definition) is 1. The number of aromatic nitrogens is 2. The number of fused-ring (bicyclic) bond motifs is 4. The van der Waals surface area contributed by atoms with Crippen LogP contribution in [-0.2, 0) is 24.1 Å². The van der Waals surface area contributed by atoms with Gasteiger partial charge in [-0.25, -0.2) is 0 Å². The first-order valence-corrected chi connectivity index (χ1v) is 20.8. The molecule has 2 heterocycles. The number of aliphatic hydroxyl groups excluding tert-OH is 1. The van der Waals surface area contributed by atoms with Gasteiger partial charge in [-0.05, 0) is 79.8 Å². The van der Waals surface area contributed by atoms with Crippen molar-refractivity contribution in [1.82, 2.24) is 15.0 Å². The lowest BCUT2D eigenvalue weighted by atomic mass is 9.58. The number of allylic oxidation sites excluding steroid dienone is 1. The Balaban J connectivity index is 1.40. The SMILES string of the molecule is Cc1ncc(OCc2ccccc2)c2c1C[C@H]1C[C@H]3[C@H](N(C)C)c4onc(OCc5ccccc5)c4C(=O)[C@@]3(O[Si](C)(C)C(C)(C)C)C(O)=C1C2=O. The molecule has 10 nitrogen and oxygen atoms in total. The van der Waals surface area contributed by atoms with Gasteiger partial charge in [-0.1, -0.05) is 81.4 Å². The quantitative estimate of drug-likeness (QED) is 0.170. The topological polar surface area (TPSA) is 124 Å². The number of aliphatic hydroxyl groups is 1. The molecular formula is C41H47N3O7Si. The molecule has 11 heteroatoms. The first kappa shape index (κ1) is 35.8. The molecule has 0 saturated heterocycles. The molecule has 3 aliphatic carbocycles. The highest BCUT2D eigenvalue weighted by Crippen LogP contribution is 2.59. The van der Waals surface area contributed by atoms with E-state index >= 15 is 4.79 Å². The van der Waals surface area contributed by atoms with Gasteiger partial charge < -0.3 is 23.5 Å². The van der Waals surface area contributed by atoms with E-state index in [0.29, 0.717) is 29.9 Å². The van der Waals surface area contributed by atoms with Gasteiger partial charge in [0, 0.05) is 17.2 Å². The fourth-order valence-corrected chi connectivity index (χ4v) is 9.28. The summed E-state index contributed by atoms with van der Waals surface area (Å²) in [6.45, 7) is 12.7. The lowest BCUT2D eigenvalue weighted by Gasteiger charge is -2.55. The summed E-state index contributed by atoms with van der Waals surface area (Å²) in [5.74, 6) is -1.49. The highest BCUT2D eigenvalue weighted by atomic mass is 28.4. The maximum atomic E-state index is 15.4. The third-order valence-electron chi connectivity index (χ3n) is 11.5. The standard InChI is InChI=1S/C41H47N3O7Si/c1-24-28-19-27-20-29-34(44(5)6)36-33(39(43-50-36)49-23-26-17-13-10-14-18-26)38(47)41(29,51-52(7,8)40(2,3)4)37(46)31(27)35(45)32(28)30(21-42-24)48-22-25-15-11-9-12-16-25/h9-18,21,27,29,34,46H,19-20,22-23H2,1-8H3/t27-,29-,34-,41-/m0/s1. The number of aryl methyl sites for hydroxylation is 1. The fourth-order valence-electron chi connectivity index (χ4n) is 7.83. The predicted molar refractivity (Wildman–Crippen MR) is 198 cm³/mol. The Kier molecular flexibility index (Phi) is 9.04. The van der Waals surface area contributed by atoms with E-state index in [9.17, 15) is 9.90 Å². The number of carbonyl (C=O) groups is 2. The summed E-state index contributed by atoms with van der Waals surface area (Å²) in [7, 11) is 0.987. The molecule has 7 rings (SSSR count). The highest BCUT2D eigenvalue weighted by Gasteiger charge is 2.67. The molecule has 3 aliphatic rings. The van der Waals surface area contributed by atoms with Crippen LogP contribution in [0.2, 0.25) is 18.1 Å². The number of carbonyl (C=O) groups excluding carboxylic acids is 2. The van der Waals surface area contributed by atoms with Crippen molar-refractivity contribution in [2.75, 3.05) is 14.1 Å². The van der Waals surface area contributed by atoms with Crippen molar-refractivity contribution in [1.29, 1.82) is 0 Å². The lowest BCUT2D eigenvalue weighted by Crippen LogP contribution is -2.65. The van der Waals surface area contributed by atoms with E-state index in [2.05, 4.69) is 44.0 Å². The number of ketones is 2. The van der Waals surface area contributed by atoms with Crippen LogP contribution in [0.4, 0.5) is 0 Å². The van der Waals surface area contributed by atoms with Gasteiger partial charge in [0.1, 0.15) is 30.3 Å². The summed E-state index contributed by atoms with van der Waals surface area (Å²) in [6.07, 6.45) is 2.40. The van der Waals surface area contributed by atoms with Gasteiger partial charge in [-0.15, -0.1) is 0 Å². The van der Waals surface area contributed by atoms with Crippen molar-refractivity contribution in [2.45, 2.75) is 83.5 Å². The van der Waals surface area contributed by atoms with Crippen LogP contribution in [0.1, 0.15) is 82.1 Å². The Hall–Kier alpha value is -4.58. The molecule has 1 N–H and O–H groups in total. The number of benzene rings is 2. The molecule has 52 heavy (non-hydrogen) atoms. The maximum absolute atomic E-state index is 15.4. The molecule has 2 aromatic carbocycles. The highest BCUT2D eigenvalue weighted by molar-refractivity contribution is 6.74. The van der Waals surface area contributed by atoms with Crippen molar-refractivity contribution >= 4 is 19.9 Å². The van der Waals surface area contributed by atoms with Gasteiger partial charge in [0.25, 0.3) is 5.88 Å². The van der Waals surface area contributed by atoms with Crippen molar-refractivity contribution in [2.24, 2.45) is 11.8 Å². The number of rotatable bonds is 9. The van der Waals surface area contributed by atoms with Crippen molar-refractivity contribution in [3.63, 3.8) is 0 Å². The molecule has 4 aromatic rings. The van der Waals surface area contributed by atoms with E-state index in [0.717, 1.165) is 22.4 Å². The van der Waals surface area contributed by atoms with Crippen LogP contribution in [0.5, 0.6) is 11.6 Å². The first-order valence-electron chi connectivity index (χ1n) is 17.9. The zero-order chi connectivity index (χ0) is 37.2. The number of Topliss-reactive ketones (excluding diaryl/α,β-unsaturated/α-hetero) is 2. The van der Waals surface area contributed by atoms with E-state index in [4.69, 9.17) is 18.4 Å². The molecule has 4 atom stereocenters. The monoisotopic (exact) mass is 721 g/mol. The van der Waals surface area contributed by atoms with Crippen LogP contribution >= 0.6 is 0 Å². The number of ether oxygens (including phenoxy) is 2. The van der Waals surface area contributed by atoms with Crippen LogP contribution in [-0.4, -0.2) is 59.7 Å². The zero-order valence-corrected chi connectivity index (χ0v) is 32.1. The first-order chi connectivity index (χ1) is 24.7. The minimum absolute atomic E-state index is 0.0332. The molecule has 2 aromatic heterocycles. The smallest absolute Gasteiger partial charge is 0.265 e. The van der Waals surface area contributed by atoms with Crippen LogP contribution < -0.4 is 9.47 Å². The van der Waals surface area contributed by atoms with E-state index < -0.39 is 37.6 Å². The van der Waals surface area contributed by atoms with Crippen LogP contribution in [0.3, 0.4) is 0 Å². The molecule has 0 fully saturated rings. The number of pyridine rings is 1. The summed E-state index contributed by atoms with van der Waals surface area (Å²) in [6, 6.07) is 18.8. The second kappa shape index (κ2) is 13.1. The van der Waals surface area contributed by atoms with Crippen molar-refractivity contribution in [3.05, 3.63) is 117 Å². The minimum atomic E-state index is -2.84. The molecule has 0 radical (unpaired) electrons. The van der Waals surface area contributed by atoms with Crippen LogP contribution in [0, 0.1) is 18.8 Å². The summed E-state index contributed by atoms with van der Waals surface area (Å²) >= 11 is 0. The molecule has 0 spiro atoms. The summed E-state index contributed by atoms with van der Waals surface area (Å²) in [5.41, 5.74) is 2.14. The average molecular weight is 722 g/mol. The van der Waals surface area contributed by atoms with E-state index in [1.165, 1.54) is 0 Å². The Labute approximate surface area is 305 Å². The second-order valence-corrected chi connectivity index (χ2v) is 20.7. The Bertz CT molecular complexity index is 2050. The Morgan fingerprint density at radius 2 is 1.58 bits per heavy atom. The zero-order valence-electron chi connectivity index (χ0n) is 31.1. The predicted octanol–water partition coefficient (Wildman–Crippen LogP) is 7.98. The molecule has 0 saturated carbocycles. The van der Waals surface area contributed by atoms with Gasteiger partial charge in [-0.3, -0.25) is 19.5 Å². The van der Waals surface area contributed by atoms with E-state index in [-0.39, 0.29) is 46.8 Å². The van der Waals surface area contributed by atoms with Crippen LogP contribution in [0.25, 0.3) is 0 Å². The van der Waals surface area contributed by atoms with Gasteiger partial charge in [0.2, 0.25) is 5.78 Å². The minimum Gasteiger partial charge on any atom is -0.508 e.